The molecule has 7 nitrogen and oxygen atoms in total. The smallest absolute Gasteiger partial charge is 0.233 e. The van der Waals surface area contributed by atoms with Crippen LogP contribution in [-0.2, 0) is 9.53 Å². The van der Waals surface area contributed by atoms with Crippen LogP contribution in [0.2, 0.25) is 0 Å². The second kappa shape index (κ2) is 5.37. The number of nitrogens with two attached hydrogens (primary N) is 1. The highest BCUT2D eigenvalue weighted by Gasteiger charge is 2.21. The van der Waals surface area contributed by atoms with Gasteiger partial charge in [0.15, 0.2) is 0 Å². The zero-order valence-corrected chi connectivity index (χ0v) is 10.4. The zero-order valence-electron chi connectivity index (χ0n) is 9.55. The molecule has 0 aromatic carbocycles. The van der Waals surface area contributed by atoms with Gasteiger partial charge in [-0.15, -0.1) is 5.10 Å². The highest BCUT2D eigenvalue weighted by atomic mass is 32.2. The fourth-order valence-electron chi connectivity index (χ4n) is 1.59. The topological polar surface area (TPSA) is 97.1 Å². The van der Waals surface area contributed by atoms with Crippen LogP contribution in [0.3, 0.4) is 0 Å². The summed E-state index contributed by atoms with van der Waals surface area (Å²) in [6.45, 7) is 3.86. The number of ether oxygens (including phenoxy) is 1. The average molecular weight is 257 g/mol. The molecule has 17 heavy (non-hydrogen) atoms. The van der Waals surface area contributed by atoms with Crippen molar-refractivity contribution in [1.29, 1.82) is 0 Å². The van der Waals surface area contributed by atoms with Gasteiger partial charge in [-0.3, -0.25) is 4.79 Å². The van der Waals surface area contributed by atoms with Gasteiger partial charge < -0.3 is 15.4 Å². The summed E-state index contributed by atoms with van der Waals surface area (Å²) in [5.74, 6) is 0.665. The van der Waals surface area contributed by atoms with E-state index in [1.807, 2.05) is 6.92 Å². The minimum atomic E-state index is 0.0773. The Balaban J connectivity index is 1.80. The molecule has 1 aliphatic heterocycles. The molecule has 1 unspecified atom stereocenters. The fraction of sp³-hybridized carbons (Fsp3) is 0.667. The number of rotatable bonds is 3. The van der Waals surface area contributed by atoms with E-state index in [1.54, 1.807) is 4.90 Å². The second-order valence-corrected chi connectivity index (χ2v) is 4.76. The zero-order chi connectivity index (χ0) is 12.3. The first-order chi connectivity index (χ1) is 8.15. The van der Waals surface area contributed by atoms with E-state index in [9.17, 15) is 4.79 Å². The summed E-state index contributed by atoms with van der Waals surface area (Å²) < 4.78 is 5.38. The van der Waals surface area contributed by atoms with Gasteiger partial charge in [-0.2, -0.15) is 4.98 Å². The lowest BCUT2D eigenvalue weighted by molar-refractivity contribution is -0.135. The quantitative estimate of drug-likeness (QED) is 0.723. The van der Waals surface area contributed by atoms with Gasteiger partial charge in [0.2, 0.25) is 17.0 Å². The van der Waals surface area contributed by atoms with Crippen molar-refractivity contribution in [2.24, 2.45) is 0 Å². The second-order valence-electron chi connectivity index (χ2n) is 3.81. The predicted molar refractivity (Wildman–Crippen MR) is 63.5 cm³/mol. The molecule has 0 saturated carbocycles. The summed E-state index contributed by atoms with van der Waals surface area (Å²) in [5, 5.41) is 6.88. The largest absolute Gasteiger partial charge is 0.375 e. The number of nitrogens with one attached hydrogen (secondary N) is 1. The van der Waals surface area contributed by atoms with E-state index in [1.165, 1.54) is 11.8 Å². The number of anilines is 1. The standard InChI is InChI=1S/C9H15N5O2S/c1-6-4-14(2-3-16-6)7(15)5-17-9-11-8(10)12-13-9/h6H,2-5H2,1H3,(H3,10,11,12,13). The van der Waals surface area contributed by atoms with Crippen molar-refractivity contribution in [3.63, 3.8) is 0 Å². The molecule has 1 atom stereocenters. The number of aromatic amines is 1. The number of thioether (sulfide) groups is 1. The maximum absolute atomic E-state index is 11.9. The minimum Gasteiger partial charge on any atom is -0.375 e. The number of H-pyrrole nitrogens is 1. The maximum atomic E-state index is 11.9. The van der Waals surface area contributed by atoms with E-state index in [0.29, 0.717) is 30.6 Å². The van der Waals surface area contributed by atoms with Crippen LogP contribution in [0.15, 0.2) is 5.16 Å². The molecule has 1 aromatic rings. The van der Waals surface area contributed by atoms with Crippen LogP contribution in [0.5, 0.6) is 0 Å². The fourth-order valence-corrected chi connectivity index (χ4v) is 2.29. The Kier molecular flexibility index (Phi) is 3.85. The number of aromatic nitrogens is 3. The highest BCUT2D eigenvalue weighted by molar-refractivity contribution is 7.99. The highest BCUT2D eigenvalue weighted by Crippen LogP contribution is 2.14. The van der Waals surface area contributed by atoms with Crippen LogP contribution in [0.1, 0.15) is 6.92 Å². The summed E-state index contributed by atoms with van der Waals surface area (Å²) in [4.78, 5) is 17.6. The van der Waals surface area contributed by atoms with Crippen LogP contribution >= 0.6 is 11.8 Å². The summed E-state index contributed by atoms with van der Waals surface area (Å²) in [7, 11) is 0. The van der Waals surface area contributed by atoms with Crippen molar-refractivity contribution in [3.8, 4) is 0 Å². The van der Waals surface area contributed by atoms with E-state index in [0.717, 1.165) is 0 Å². The summed E-state index contributed by atoms with van der Waals surface area (Å²) in [6.07, 6.45) is 0.108. The Bertz CT molecular complexity index is 396. The third kappa shape index (κ3) is 3.34. The van der Waals surface area contributed by atoms with E-state index in [2.05, 4.69) is 15.2 Å². The normalized spacial score (nSPS) is 20.5. The molecule has 0 radical (unpaired) electrons. The SMILES string of the molecule is CC1CN(C(=O)CSc2n[nH]c(N)n2)CCO1. The van der Waals surface area contributed by atoms with Crippen molar-refractivity contribution in [2.75, 3.05) is 31.2 Å². The number of morpholine rings is 1. The molecule has 1 aromatic heterocycles. The first-order valence-electron chi connectivity index (χ1n) is 5.35. The number of hydrogen-bond acceptors (Lipinski definition) is 6. The van der Waals surface area contributed by atoms with Crippen LogP contribution < -0.4 is 5.73 Å². The molecule has 0 bridgehead atoms. The average Bonchev–Trinajstić information content (AvgIpc) is 2.72. The number of nitrogens with zero attached hydrogens (tertiary/aromatic N) is 3. The van der Waals surface area contributed by atoms with E-state index < -0.39 is 0 Å². The van der Waals surface area contributed by atoms with Gasteiger partial charge in [0.1, 0.15) is 0 Å². The lowest BCUT2D eigenvalue weighted by Gasteiger charge is -2.31. The van der Waals surface area contributed by atoms with Crippen molar-refractivity contribution in [3.05, 3.63) is 0 Å². The van der Waals surface area contributed by atoms with Gasteiger partial charge in [-0.05, 0) is 6.92 Å². The van der Waals surface area contributed by atoms with Gasteiger partial charge in [0.05, 0.1) is 18.5 Å². The number of hydrogen-bond donors (Lipinski definition) is 2. The molecular weight excluding hydrogens is 242 g/mol. The number of carbonyl (C=O) groups excluding carboxylic acids is 1. The van der Waals surface area contributed by atoms with E-state index in [4.69, 9.17) is 10.5 Å². The number of carbonyl (C=O) groups is 1. The third-order valence-corrected chi connectivity index (χ3v) is 3.23. The molecule has 94 valence electrons. The molecule has 2 rings (SSSR count). The molecule has 8 heteroatoms. The van der Waals surface area contributed by atoms with Gasteiger partial charge >= 0.3 is 0 Å². The molecule has 1 amide bonds. The lowest BCUT2D eigenvalue weighted by Crippen LogP contribution is -2.45. The van der Waals surface area contributed by atoms with Crippen molar-refractivity contribution >= 4 is 23.6 Å². The van der Waals surface area contributed by atoms with Gasteiger partial charge in [0, 0.05) is 13.1 Å². The lowest BCUT2D eigenvalue weighted by atomic mass is 10.3. The van der Waals surface area contributed by atoms with Gasteiger partial charge in [-0.1, -0.05) is 11.8 Å². The molecular formula is C9H15N5O2S. The summed E-state index contributed by atoms with van der Waals surface area (Å²) in [5.41, 5.74) is 5.39. The third-order valence-electron chi connectivity index (χ3n) is 2.40. The number of nitrogen functional groups attached to an aromatic ring is 1. The molecule has 0 spiro atoms. The molecule has 1 saturated heterocycles. The van der Waals surface area contributed by atoms with Gasteiger partial charge in [0.25, 0.3) is 0 Å². The Hall–Kier alpha value is -1.28. The van der Waals surface area contributed by atoms with Crippen LogP contribution in [0.4, 0.5) is 5.95 Å². The van der Waals surface area contributed by atoms with E-state index in [-0.39, 0.29) is 18.0 Å². The van der Waals surface area contributed by atoms with Crippen LogP contribution in [0.25, 0.3) is 0 Å². The van der Waals surface area contributed by atoms with Crippen LogP contribution in [0, 0.1) is 0 Å². The summed E-state index contributed by atoms with van der Waals surface area (Å²) >= 11 is 1.28. The molecule has 3 N–H and O–H groups in total. The predicted octanol–water partition coefficient (Wildman–Crippen LogP) is -0.274. The van der Waals surface area contributed by atoms with Crippen LogP contribution in [-0.4, -0.2) is 57.5 Å². The first-order valence-corrected chi connectivity index (χ1v) is 6.34. The molecule has 0 aliphatic carbocycles. The molecule has 2 heterocycles. The van der Waals surface area contributed by atoms with E-state index >= 15 is 0 Å². The first kappa shape index (κ1) is 12.2. The monoisotopic (exact) mass is 257 g/mol. The minimum absolute atomic E-state index is 0.0773. The Morgan fingerprint density at radius 2 is 2.59 bits per heavy atom. The maximum Gasteiger partial charge on any atom is 0.233 e. The van der Waals surface area contributed by atoms with Crippen molar-refractivity contribution in [2.45, 2.75) is 18.2 Å². The Morgan fingerprint density at radius 3 is 3.24 bits per heavy atom. The Labute approximate surface area is 103 Å². The molecule has 1 aliphatic rings. The van der Waals surface area contributed by atoms with Crippen molar-refractivity contribution < 1.29 is 9.53 Å². The Morgan fingerprint density at radius 1 is 1.76 bits per heavy atom. The summed E-state index contributed by atoms with van der Waals surface area (Å²) in [6, 6.07) is 0. The number of amides is 1. The van der Waals surface area contributed by atoms with Crippen molar-refractivity contribution in [1.82, 2.24) is 20.1 Å². The molecule has 1 fully saturated rings. The van der Waals surface area contributed by atoms with Gasteiger partial charge in [-0.25, -0.2) is 5.10 Å².